The number of hydrogen-bond donors (Lipinski definition) is 0. The maximum atomic E-state index is 6.07. The van der Waals surface area contributed by atoms with Gasteiger partial charge in [0.15, 0.2) is 0 Å². The highest BCUT2D eigenvalue weighted by Crippen LogP contribution is 2.24. The first-order valence-electron chi connectivity index (χ1n) is 6.39. The van der Waals surface area contributed by atoms with Gasteiger partial charge in [0.25, 0.3) is 0 Å². The molecule has 0 aliphatic rings. The van der Waals surface area contributed by atoms with Gasteiger partial charge in [0.2, 0.25) is 0 Å². The number of alkyl halides is 1. The summed E-state index contributed by atoms with van der Waals surface area (Å²) in [6, 6.07) is 16.2. The number of benzene rings is 2. The molecule has 20 heavy (non-hydrogen) atoms. The van der Waals surface area contributed by atoms with Crippen LogP contribution in [0.3, 0.4) is 0 Å². The maximum Gasteiger partial charge on any atom is 0.120 e. The second-order valence-electron chi connectivity index (χ2n) is 4.50. The zero-order valence-electron chi connectivity index (χ0n) is 10.9. The normalized spacial score (nSPS) is 12.2. The van der Waals surface area contributed by atoms with Gasteiger partial charge in [-0.1, -0.05) is 50.1 Å². The van der Waals surface area contributed by atoms with Crippen LogP contribution >= 0.6 is 43.5 Å². The Labute approximate surface area is 141 Å². The predicted octanol–water partition coefficient (Wildman–Crippen LogP) is 6.00. The third-order valence-electron chi connectivity index (χ3n) is 3.06. The number of halogens is 3. The topological polar surface area (TPSA) is 9.23 Å². The Morgan fingerprint density at radius 3 is 2.40 bits per heavy atom. The summed E-state index contributed by atoms with van der Waals surface area (Å²) in [5.74, 6) is 1.80. The molecule has 0 saturated carbocycles. The van der Waals surface area contributed by atoms with E-state index in [1.807, 2.05) is 36.4 Å². The Morgan fingerprint density at radius 2 is 1.75 bits per heavy atom. The Morgan fingerprint density at radius 1 is 1.00 bits per heavy atom. The second kappa shape index (κ2) is 8.06. The first-order chi connectivity index (χ1) is 9.69. The highest BCUT2D eigenvalue weighted by Gasteiger charge is 2.10. The lowest BCUT2D eigenvalue weighted by atomic mass is 9.98. The van der Waals surface area contributed by atoms with Gasteiger partial charge in [-0.2, -0.15) is 0 Å². The molecule has 0 spiro atoms. The second-order valence-corrected chi connectivity index (χ2v) is 6.64. The van der Waals surface area contributed by atoms with Crippen molar-refractivity contribution in [2.75, 3.05) is 12.5 Å². The van der Waals surface area contributed by atoms with Gasteiger partial charge in [-0.25, -0.2) is 0 Å². The fraction of sp³-hybridized carbons (Fsp3) is 0.250. The molecular weight excluding hydrogens is 403 g/mol. The van der Waals surface area contributed by atoms with Crippen molar-refractivity contribution in [3.8, 4) is 5.75 Å². The van der Waals surface area contributed by atoms with E-state index in [9.17, 15) is 0 Å². The molecule has 2 rings (SSSR count). The summed E-state index contributed by atoms with van der Waals surface area (Å²) in [7, 11) is 0. The fourth-order valence-electron chi connectivity index (χ4n) is 1.94. The van der Waals surface area contributed by atoms with Gasteiger partial charge < -0.3 is 4.74 Å². The van der Waals surface area contributed by atoms with Crippen LogP contribution in [0.25, 0.3) is 0 Å². The van der Waals surface area contributed by atoms with E-state index in [4.69, 9.17) is 16.3 Å². The zero-order valence-corrected chi connectivity index (χ0v) is 14.8. The van der Waals surface area contributed by atoms with E-state index in [1.54, 1.807) is 0 Å². The third-order valence-corrected chi connectivity index (χ3v) is 4.45. The lowest BCUT2D eigenvalue weighted by Crippen LogP contribution is -2.07. The lowest BCUT2D eigenvalue weighted by Gasteiger charge is -2.15. The van der Waals surface area contributed by atoms with Gasteiger partial charge in [0.1, 0.15) is 5.75 Å². The monoisotopic (exact) mass is 416 g/mol. The van der Waals surface area contributed by atoms with Crippen LogP contribution in [-0.4, -0.2) is 12.5 Å². The quantitative estimate of drug-likeness (QED) is 0.523. The molecule has 0 amide bonds. The molecule has 2 aromatic rings. The molecule has 0 aromatic heterocycles. The summed E-state index contributed by atoms with van der Waals surface area (Å²) >= 11 is 13.0. The summed E-state index contributed by atoms with van der Waals surface area (Å²) in [6.45, 7) is 0.657. The average molecular weight is 419 g/mol. The van der Waals surface area contributed by atoms with Crippen molar-refractivity contribution in [3.05, 3.63) is 63.0 Å². The summed E-state index contributed by atoms with van der Waals surface area (Å²) < 4.78 is 7.87. The van der Waals surface area contributed by atoms with Crippen molar-refractivity contribution in [3.63, 3.8) is 0 Å². The maximum absolute atomic E-state index is 6.07. The Kier molecular flexibility index (Phi) is 6.40. The largest absolute Gasteiger partial charge is 0.494 e. The summed E-state index contributed by atoms with van der Waals surface area (Å²) in [4.78, 5) is 0. The third kappa shape index (κ3) is 4.80. The SMILES string of the molecule is ClCC(CCOc1cccc(Br)c1)c1ccc(Br)cc1. The molecule has 0 saturated heterocycles. The van der Waals surface area contributed by atoms with E-state index >= 15 is 0 Å². The van der Waals surface area contributed by atoms with Crippen LogP contribution in [0.1, 0.15) is 17.9 Å². The molecule has 106 valence electrons. The van der Waals surface area contributed by atoms with Crippen LogP contribution < -0.4 is 4.74 Å². The molecule has 0 radical (unpaired) electrons. The van der Waals surface area contributed by atoms with Gasteiger partial charge in [0.05, 0.1) is 6.61 Å². The van der Waals surface area contributed by atoms with Crippen LogP contribution in [0.4, 0.5) is 0 Å². The van der Waals surface area contributed by atoms with Crippen molar-refractivity contribution in [1.82, 2.24) is 0 Å². The van der Waals surface area contributed by atoms with Crippen LogP contribution in [-0.2, 0) is 0 Å². The molecule has 4 heteroatoms. The van der Waals surface area contributed by atoms with E-state index in [0.717, 1.165) is 21.1 Å². The highest BCUT2D eigenvalue weighted by molar-refractivity contribution is 9.10. The van der Waals surface area contributed by atoms with Crippen molar-refractivity contribution in [2.45, 2.75) is 12.3 Å². The minimum Gasteiger partial charge on any atom is -0.494 e. The van der Waals surface area contributed by atoms with Crippen LogP contribution in [0.2, 0.25) is 0 Å². The summed E-state index contributed by atoms with van der Waals surface area (Å²) in [5.41, 5.74) is 1.25. The number of rotatable bonds is 6. The zero-order chi connectivity index (χ0) is 14.4. The van der Waals surface area contributed by atoms with Crippen LogP contribution in [0.15, 0.2) is 57.5 Å². The molecule has 0 fully saturated rings. The average Bonchev–Trinajstić information content (AvgIpc) is 2.45. The minimum absolute atomic E-state index is 0.317. The van der Waals surface area contributed by atoms with Gasteiger partial charge in [0, 0.05) is 20.7 Å². The Hall–Kier alpha value is -0.510. The Bertz CT molecular complexity index is 542. The molecule has 0 N–H and O–H groups in total. The fourth-order valence-corrected chi connectivity index (χ4v) is 2.92. The Balaban J connectivity index is 1.89. The van der Waals surface area contributed by atoms with E-state index in [1.165, 1.54) is 5.56 Å². The first kappa shape index (κ1) is 15.9. The first-order valence-corrected chi connectivity index (χ1v) is 8.51. The van der Waals surface area contributed by atoms with Crippen molar-refractivity contribution in [2.24, 2.45) is 0 Å². The molecule has 0 bridgehead atoms. The molecule has 1 unspecified atom stereocenters. The van der Waals surface area contributed by atoms with E-state index in [2.05, 4.69) is 44.0 Å². The van der Waals surface area contributed by atoms with Gasteiger partial charge in [-0.05, 0) is 42.3 Å². The van der Waals surface area contributed by atoms with E-state index in [0.29, 0.717) is 18.4 Å². The summed E-state index contributed by atoms with van der Waals surface area (Å²) in [6.07, 6.45) is 0.900. The van der Waals surface area contributed by atoms with Gasteiger partial charge in [-0.15, -0.1) is 11.6 Å². The predicted molar refractivity (Wildman–Crippen MR) is 91.9 cm³/mol. The molecule has 1 atom stereocenters. The molecular formula is C16H15Br2ClO. The smallest absolute Gasteiger partial charge is 0.120 e. The minimum atomic E-state index is 0.317. The van der Waals surface area contributed by atoms with Gasteiger partial charge >= 0.3 is 0 Å². The molecule has 2 aromatic carbocycles. The molecule has 0 aliphatic carbocycles. The van der Waals surface area contributed by atoms with Crippen LogP contribution in [0.5, 0.6) is 5.75 Å². The van der Waals surface area contributed by atoms with Crippen molar-refractivity contribution >= 4 is 43.5 Å². The molecule has 1 nitrogen and oxygen atoms in total. The molecule has 0 aliphatic heterocycles. The number of ether oxygens (including phenoxy) is 1. The lowest BCUT2D eigenvalue weighted by molar-refractivity contribution is 0.301. The van der Waals surface area contributed by atoms with E-state index in [-0.39, 0.29) is 0 Å². The van der Waals surface area contributed by atoms with Crippen molar-refractivity contribution in [1.29, 1.82) is 0 Å². The summed E-state index contributed by atoms with van der Waals surface area (Å²) in [5, 5.41) is 0. The standard InChI is InChI=1S/C16H15Br2ClO/c17-14-6-4-12(5-7-14)13(11-19)8-9-20-16-3-1-2-15(18)10-16/h1-7,10,13H,8-9,11H2. The highest BCUT2D eigenvalue weighted by atomic mass is 79.9. The molecule has 0 heterocycles. The number of hydrogen-bond acceptors (Lipinski definition) is 1. The van der Waals surface area contributed by atoms with Crippen molar-refractivity contribution < 1.29 is 4.74 Å². The van der Waals surface area contributed by atoms with Crippen LogP contribution in [0, 0.1) is 0 Å². The van der Waals surface area contributed by atoms with E-state index < -0.39 is 0 Å². The van der Waals surface area contributed by atoms with Gasteiger partial charge in [-0.3, -0.25) is 0 Å².